The normalized spacial score (nSPS) is 15.3. The Hall–Kier alpha value is -0.820. The van der Waals surface area contributed by atoms with Crippen molar-refractivity contribution >= 4 is 39.8 Å². The lowest BCUT2D eigenvalue weighted by molar-refractivity contribution is -0.132. The second kappa shape index (κ2) is 9.76. The second-order valence-corrected chi connectivity index (χ2v) is 9.33. The van der Waals surface area contributed by atoms with Crippen molar-refractivity contribution in [2.45, 2.75) is 31.7 Å². The molecule has 1 aliphatic rings. The molecule has 0 radical (unpaired) electrons. The van der Waals surface area contributed by atoms with E-state index in [-0.39, 0.29) is 30.5 Å². The van der Waals surface area contributed by atoms with Crippen LogP contribution in [0, 0.1) is 5.92 Å². The SMILES string of the molecule is CS(=O)(=O)CCC(N)C(=O)N(CCc1ccc(Cl)cc1)CC1CC1.Cl. The summed E-state index contributed by atoms with van der Waals surface area (Å²) in [5.41, 5.74) is 7.05. The number of hydrogen-bond acceptors (Lipinski definition) is 4. The summed E-state index contributed by atoms with van der Waals surface area (Å²) >= 11 is 5.88. The first kappa shape index (κ1) is 22.2. The van der Waals surface area contributed by atoms with E-state index in [0.29, 0.717) is 24.0 Å². The van der Waals surface area contributed by atoms with Gasteiger partial charge in [0.15, 0.2) is 0 Å². The minimum absolute atomic E-state index is 0. The average Bonchev–Trinajstić information content (AvgIpc) is 3.33. The summed E-state index contributed by atoms with van der Waals surface area (Å²) in [7, 11) is -3.11. The lowest BCUT2D eigenvalue weighted by Crippen LogP contribution is -2.46. The molecule has 1 unspecified atom stereocenters. The molecule has 2 N–H and O–H groups in total. The number of carbonyl (C=O) groups excluding carboxylic acids is 1. The van der Waals surface area contributed by atoms with Gasteiger partial charge in [-0.05, 0) is 49.3 Å². The highest BCUT2D eigenvalue weighted by Gasteiger charge is 2.29. The third-order valence-electron chi connectivity index (χ3n) is 4.19. The van der Waals surface area contributed by atoms with E-state index < -0.39 is 15.9 Å². The summed E-state index contributed by atoms with van der Waals surface area (Å²) in [5, 5.41) is 0.687. The van der Waals surface area contributed by atoms with Crippen molar-refractivity contribution in [3.63, 3.8) is 0 Å². The monoisotopic (exact) mass is 408 g/mol. The van der Waals surface area contributed by atoms with Gasteiger partial charge in [-0.25, -0.2) is 8.42 Å². The Morgan fingerprint density at radius 1 is 1.32 bits per heavy atom. The fourth-order valence-corrected chi connectivity index (χ4v) is 3.33. The zero-order valence-corrected chi connectivity index (χ0v) is 16.7. The Balaban J connectivity index is 0.00000312. The molecule has 1 aliphatic carbocycles. The van der Waals surface area contributed by atoms with Crippen molar-refractivity contribution < 1.29 is 13.2 Å². The van der Waals surface area contributed by atoms with Crippen LogP contribution >= 0.6 is 24.0 Å². The van der Waals surface area contributed by atoms with Crippen molar-refractivity contribution in [3.8, 4) is 0 Å². The predicted octanol–water partition coefficient (Wildman–Crippen LogP) is 2.30. The zero-order chi connectivity index (χ0) is 17.7. The second-order valence-electron chi connectivity index (χ2n) is 6.63. The Morgan fingerprint density at radius 2 is 1.92 bits per heavy atom. The van der Waals surface area contributed by atoms with Crippen LogP contribution in [0.3, 0.4) is 0 Å². The van der Waals surface area contributed by atoms with Gasteiger partial charge in [0.1, 0.15) is 9.84 Å². The lowest BCUT2D eigenvalue weighted by Gasteiger charge is -2.26. The molecule has 2 rings (SSSR count). The standard InChI is InChI=1S/C17H25ClN2O3S.ClH/c1-24(22,23)11-9-16(19)17(21)20(12-14-2-3-14)10-8-13-4-6-15(18)7-5-13;/h4-7,14,16H,2-3,8-12,19H2,1H3;1H. The van der Waals surface area contributed by atoms with E-state index in [1.165, 1.54) is 0 Å². The highest BCUT2D eigenvalue weighted by molar-refractivity contribution is 7.90. The highest BCUT2D eigenvalue weighted by Crippen LogP contribution is 2.30. The summed E-state index contributed by atoms with van der Waals surface area (Å²) in [6.45, 7) is 1.29. The van der Waals surface area contributed by atoms with Crippen LogP contribution in [0.1, 0.15) is 24.8 Å². The minimum Gasteiger partial charge on any atom is -0.341 e. The Kier molecular flexibility index (Phi) is 8.68. The Morgan fingerprint density at radius 3 is 2.44 bits per heavy atom. The van der Waals surface area contributed by atoms with Gasteiger partial charge in [-0.3, -0.25) is 4.79 Å². The maximum absolute atomic E-state index is 12.6. The van der Waals surface area contributed by atoms with Crippen molar-refractivity contribution in [2.24, 2.45) is 11.7 Å². The number of benzene rings is 1. The van der Waals surface area contributed by atoms with Crippen LogP contribution in [0.2, 0.25) is 5.02 Å². The highest BCUT2D eigenvalue weighted by atomic mass is 35.5. The smallest absolute Gasteiger partial charge is 0.239 e. The van der Waals surface area contributed by atoms with Crippen molar-refractivity contribution in [2.75, 3.05) is 25.1 Å². The third kappa shape index (κ3) is 8.40. The molecule has 1 fully saturated rings. The van der Waals surface area contributed by atoms with E-state index in [1.54, 1.807) is 4.90 Å². The number of nitrogens with two attached hydrogens (primary N) is 1. The summed E-state index contributed by atoms with van der Waals surface area (Å²) in [6.07, 6.45) is 4.34. The van der Waals surface area contributed by atoms with E-state index in [0.717, 1.165) is 31.1 Å². The van der Waals surface area contributed by atoms with Gasteiger partial charge >= 0.3 is 0 Å². The van der Waals surface area contributed by atoms with Crippen LogP contribution < -0.4 is 5.73 Å². The molecule has 1 saturated carbocycles. The van der Waals surface area contributed by atoms with E-state index in [9.17, 15) is 13.2 Å². The number of halogens is 2. The molecule has 0 spiro atoms. The molecular formula is C17H26Cl2N2O3S. The largest absolute Gasteiger partial charge is 0.341 e. The summed E-state index contributed by atoms with van der Waals surface area (Å²) < 4.78 is 22.5. The molecule has 0 aliphatic heterocycles. The van der Waals surface area contributed by atoms with Crippen LogP contribution in [0.25, 0.3) is 0 Å². The van der Waals surface area contributed by atoms with Crippen LogP contribution in [0.5, 0.6) is 0 Å². The van der Waals surface area contributed by atoms with Crippen molar-refractivity contribution in [3.05, 3.63) is 34.9 Å². The van der Waals surface area contributed by atoms with Crippen LogP contribution in [-0.2, 0) is 21.1 Å². The van der Waals surface area contributed by atoms with Gasteiger partial charge in [0.25, 0.3) is 0 Å². The number of nitrogens with zero attached hydrogens (tertiary/aromatic N) is 1. The molecule has 25 heavy (non-hydrogen) atoms. The molecule has 0 saturated heterocycles. The summed E-state index contributed by atoms with van der Waals surface area (Å²) in [5.74, 6) is 0.342. The number of rotatable bonds is 9. The fraction of sp³-hybridized carbons (Fsp3) is 0.588. The summed E-state index contributed by atoms with van der Waals surface area (Å²) in [4.78, 5) is 14.4. The van der Waals surface area contributed by atoms with Crippen molar-refractivity contribution in [1.82, 2.24) is 4.90 Å². The van der Waals surface area contributed by atoms with Gasteiger partial charge in [-0.2, -0.15) is 0 Å². The molecule has 0 aromatic heterocycles. The van der Waals surface area contributed by atoms with Crippen LogP contribution in [0.4, 0.5) is 0 Å². The molecule has 1 atom stereocenters. The summed E-state index contributed by atoms with van der Waals surface area (Å²) in [6, 6.07) is 6.81. The van der Waals surface area contributed by atoms with Gasteiger partial charge in [0.05, 0.1) is 11.8 Å². The lowest BCUT2D eigenvalue weighted by atomic mass is 10.1. The molecule has 8 heteroatoms. The fourth-order valence-electron chi connectivity index (χ4n) is 2.52. The zero-order valence-electron chi connectivity index (χ0n) is 14.4. The third-order valence-corrected chi connectivity index (χ3v) is 5.42. The Bertz CT molecular complexity index is 661. The predicted molar refractivity (Wildman–Crippen MR) is 104 cm³/mol. The number of carbonyl (C=O) groups is 1. The van der Waals surface area contributed by atoms with E-state index in [1.807, 2.05) is 24.3 Å². The molecule has 142 valence electrons. The van der Waals surface area contributed by atoms with Gasteiger partial charge in [-0.1, -0.05) is 23.7 Å². The van der Waals surface area contributed by atoms with Crippen molar-refractivity contribution in [1.29, 1.82) is 0 Å². The molecule has 0 bridgehead atoms. The molecule has 1 aromatic carbocycles. The molecule has 1 aromatic rings. The quantitative estimate of drug-likeness (QED) is 0.679. The minimum atomic E-state index is -3.11. The molecular weight excluding hydrogens is 383 g/mol. The number of hydrogen-bond donors (Lipinski definition) is 1. The van der Waals surface area contributed by atoms with Gasteiger partial charge < -0.3 is 10.6 Å². The Labute approximate surface area is 161 Å². The maximum atomic E-state index is 12.6. The number of sulfone groups is 1. The molecule has 0 heterocycles. The van der Waals surface area contributed by atoms with Gasteiger partial charge in [0.2, 0.25) is 5.91 Å². The van der Waals surface area contributed by atoms with Gasteiger partial charge in [0, 0.05) is 24.4 Å². The molecule has 5 nitrogen and oxygen atoms in total. The van der Waals surface area contributed by atoms with E-state index in [4.69, 9.17) is 17.3 Å². The van der Waals surface area contributed by atoms with E-state index >= 15 is 0 Å². The van der Waals surface area contributed by atoms with Crippen LogP contribution in [0.15, 0.2) is 24.3 Å². The van der Waals surface area contributed by atoms with E-state index in [2.05, 4.69) is 0 Å². The molecule has 1 amide bonds. The number of amides is 1. The average molecular weight is 409 g/mol. The first-order valence-corrected chi connectivity index (χ1v) is 10.6. The maximum Gasteiger partial charge on any atom is 0.239 e. The van der Waals surface area contributed by atoms with Gasteiger partial charge in [-0.15, -0.1) is 12.4 Å². The van der Waals surface area contributed by atoms with Crippen LogP contribution in [-0.4, -0.2) is 50.4 Å². The first-order valence-electron chi connectivity index (χ1n) is 8.21. The topological polar surface area (TPSA) is 80.5 Å². The first-order chi connectivity index (χ1) is 11.2.